The number of hydrogen-bond donors (Lipinski definition) is 2. The number of halogens is 1. The van der Waals surface area contributed by atoms with Gasteiger partial charge in [-0.25, -0.2) is 4.79 Å². The molecule has 0 heterocycles. The summed E-state index contributed by atoms with van der Waals surface area (Å²) >= 11 is 6.39. The zero-order valence-corrected chi connectivity index (χ0v) is 19.7. The molecule has 0 spiro atoms. The largest absolute Gasteiger partial charge is 0.508 e. The van der Waals surface area contributed by atoms with Crippen LogP contribution in [0.15, 0.2) is 90.5 Å². The highest BCUT2D eigenvalue weighted by molar-refractivity contribution is 6.32. The zero-order chi connectivity index (χ0) is 24.2. The molecule has 172 valence electrons. The molecule has 0 aliphatic carbocycles. The van der Waals surface area contributed by atoms with Crippen LogP contribution in [0.3, 0.4) is 0 Å². The number of carbonyl (C=O) groups excluding carboxylic acids is 1. The first-order valence-electron chi connectivity index (χ1n) is 10.6. The highest BCUT2D eigenvalue weighted by Crippen LogP contribution is 2.31. The van der Waals surface area contributed by atoms with Crippen molar-refractivity contribution in [2.75, 3.05) is 6.61 Å². The van der Waals surface area contributed by atoms with Crippen molar-refractivity contribution >= 4 is 29.0 Å². The summed E-state index contributed by atoms with van der Waals surface area (Å²) in [4.78, 5) is 16.9. The number of rotatable bonds is 10. The molecule has 0 bridgehead atoms. The van der Waals surface area contributed by atoms with E-state index in [1.165, 1.54) is 0 Å². The van der Waals surface area contributed by atoms with Gasteiger partial charge in [0.05, 0.1) is 16.3 Å². The number of allylic oxidation sites excluding steroid dienone is 3. The lowest BCUT2D eigenvalue weighted by Gasteiger charge is -2.15. The topological polar surface area (TPSA) is 70.9 Å². The van der Waals surface area contributed by atoms with E-state index in [0.717, 1.165) is 17.6 Å². The van der Waals surface area contributed by atoms with Crippen molar-refractivity contribution in [3.05, 3.63) is 102 Å². The van der Waals surface area contributed by atoms with Crippen molar-refractivity contribution in [3.8, 4) is 11.5 Å². The standard InChI is InChI=1S/C27H29ClN2O3/c1-5-7-8-11-19(3)18-33-25-13-9-12-23(28)26(25)20(4)29-27(32)30-24(10-6-2)21-14-16-22(31)17-15-21/h5,7-9,11-17,31H,3-4,6,10,18H2,1-2H3,(H,29,32)/b7-5-,11-8-,30-24+. The summed E-state index contributed by atoms with van der Waals surface area (Å²) in [7, 11) is 0. The number of aliphatic imine (C=N–C) groups is 1. The fourth-order valence-electron chi connectivity index (χ4n) is 2.94. The number of urea groups is 1. The molecule has 0 aliphatic rings. The van der Waals surface area contributed by atoms with Crippen molar-refractivity contribution in [2.45, 2.75) is 26.7 Å². The fraction of sp³-hybridized carbons (Fsp3) is 0.185. The zero-order valence-electron chi connectivity index (χ0n) is 19.0. The van der Waals surface area contributed by atoms with Gasteiger partial charge in [-0.1, -0.05) is 68.5 Å². The third-order valence-electron chi connectivity index (χ3n) is 4.51. The van der Waals surface area contributed by atoms with E-state index in [4.69, 9.17) is 16.3 Å². The van der Waals surface area contributed by atoms with Crippen LogP contribution in [-0.2, 0) is 0 Å². The number of aromatic hydroxyl groups is 1. The molecule has 5 nitrogen and oxygen atoms in total. The summed E-state index contributed by atoms with van der Waals surface area (Å²) in [5.41, 5.74) is 2.91. The SMILES string of the molecule is C=C(/C=C\C=C/C)COc1cccc(Cl)c1C(=C)NC(=O)/N=C(\CCC)c1ccc(O)cc1. The van der Waals surface area contributed by atoms with E-state index in [0.29, 0.717) is 28.5 Å². The van der Waals surface area contributed by atoms with Crippen LogP contribution in [0.4, 0.5) is 4.79 Å². The van der Waals surface area contributed by atoms with Crippen LogP contribution in [-0.4, -0.2) is 23.5 Å². The lowest BCUT2D eigenvalue weighted by molar-refractivity contribution is 0.253. The van der Waals surface area contributed by atoms with E-state index in [1.54, 1.807) is 42.5 Å². The normalized spacial score (nSPS) is 11.7. The van der Waals surface area contributed by atoms with Gasteiger partial charge >= 0.3 is 6.03 Å². The molecule has 2 N–H and O–H groups in total. The minimum Gasteiger partial charge on any atom is -0.508 e. The van der Waals surface area contributed by atoms with Crippen LogP contribution in [0.1, 0.15) is 37.8 Å². The molecule has 33 heavy (non-hydrogen) atoms. The van der Waals surface area contributed by atoms with Gasteiger partial charge in [-0.3, -0.25) is 0 Å². The Hall–Kier alpha value is -3.57. The molecule has 2 aromatic carbocycles. The highest BCUT2D eigenvalue weighted by Gasteiger charge is 2.15. The summed E-state index contributed by atoms with van der Waals surface area (Å²) < 4.78 is 5.88. The second-order valence-corrected chi connectivity index (χ2v) is 7.62. The van der Waals surface area contributed by atoms with Crippen LogP contribution in [0.5, 0.6) is 11.5 Å². The van der Waals surface area contributed by atoms with Crippen molar-refractivity contribution in [1.82, 2.24) is 5.32 Å². The van der Waals surface area contributed by atoms with Gasteiger partial charge in [0.1, 0.15) is 18.1 Å². The van der Waals surface area contributed by atoms with E-state index < -0.39 is 6.03 Å². The summed E-state index contributed by atoms with van der Waals surface area (Å²) in [5, 5.41) is 12.6. The van der Waals surface area contributed by atoms with Crippen LogP contribution in [0.25, 0.3) is 5.70 Å². The molecule has 2 aromatic rings. The van der Waals surface area contributed by atoms with Gasteiger partial charge in [-0.2, -0.15) is 4.99 Å². The third-order valence-corrected chi connectivity index (χ3v) is 4.82. The molecule has 0 radical (unpaired) electrons. The number of nitrogens with zero attached hydrogens (tertiary/aromatic N) is 1. The van der Waals surface area contributed by atoms with E-state index in [1.807, 2.05) is 38.2 Å². The molecule has 2 rings (SSSR count). The lowest BCUT2D eigenvalue weighted by Crippen LogP contribution is -2.20. The van der Waals surface area contributed by atoms with Crippen molar-refractivity contribution in [1.29, 1.82) is 0 Å². The monoisotopic (exact) mass is 464 g/mol. The van der Waals surface area contributed by atoms with E-state index >= 15 is 0 Å². The predicted molar refractivity (Wildman–Crippen MR) is 137 cm³/mol. The second-order valence-electron chi connectivity index (χ2n) is 7.21. The highest BCUT2D eigenvalue weighted by atomic mass is 35.5. The molecular weight excluding hydrogens is 436 g/mol. The first kappa shape index (κ1) is 25.7. The molecule has 0 fully saturated rings. The third kappa shape index (κ3) is 8.13. The van der Waals surface area contributed by atoms with Crippen LogP contribution in [0.2, 0.25) is 5.02 Å². The Labute approximate surface area is 200 Å². The van der Waals surface area contributed by atoms with E-state index in [9.17, 15) is 9.90 Å². The van der Waals surface area contributed by atoms with Gasteiger partial charge in [-0.15, -0.1) is 0 Å². The minimum atomic E-state index is -0.568. The molecule has 0 aliphatic heterocycles. The molecule has 2 amide bonds. The number of phenols is 1. The van der Waals surface area contributed by atoms with Gasteiger partial charge in [0, 0.05) is 5.70 Å². The van der Waals surface area contributed by atoms with Gasteiger partial charge < -0.3 is 15.2 Å². The smallest absolute Gasteiger partial charge is 0.345 e. The van der Waals surface area contributed by atoms with E-state index in [2.05, 4.69) is 23.5 Å². The Bertz CT molecular complexity index is 1080. The average molecular weight is 465 g/mol. The first-order valence-corrected chi connectivity index (χ1v) is 11.0. The molecule has 0 atom stereocenters. The quantitative estimate of drug-likeness (QED) is 0.291. The molecule has 0 saturated heterocycles. The van der Waals surface area contributed by atoms with Gasteiger partial charge in [0.2, 0.25) is 0 Å². The summed E-state index contributed by atoms with van der Waals surface area (Å²) in [6.07, 6.45) is 8.97. The van der Waals surface area contributed by atoms with Crippen LogP contribution < -0.4 is 10.1 Å². The maximum absolute atomic E-state index is 12.7. The number of phenolic OH excluding ortho intramolecular Hbond substituents is 1. The summed E-state index contributed by atoms with van der Waals surface area (Å²) in [6, 6.07) is 11.2. The Morgan fingerprint density at radius 3 is 2.58 bits per heavy atom. The lowest BCUT2D eigenvalue weighted by atomic mass is 10.1. The molecule has 0 aromatic heterocycles. The average Bonchev–Trinajstić information content (AvgIpc) is 2.78. The van der Waals surface area contributed by atoms with Crippen molar-refractivity contribution in [3.63, 3.8) is 0 Å². The maximum Gasteiger partial charge on any atom is 0.345 e. The van der Waals surface area contributed by atoms with Crippen molar-refractivity contribution < 1.29 is 14.6 Å². The molecule has 0 unspecified atom stereocenters. The fourth-order valence-corrected chi connectivity index (χ4v) is 3.22. The Balaban J connectivity index is 2.18. The summed E-state index contributed by atoms with van der Waals surface area (Å²) in [5.74, 6) is 0.628. The maximum atomic E-state index is 12.7. The predicted octanol–water partition coefficient (Wildman–Crippen LogP) is 7.08. The van der Waals surface area contributed by atoms with Crippen LogP contribution in [0, 0.1) is 0 Å². The number of carbonyl (C=O) groups is 1. The van der Waals surface area contributed by atoms with Gasteiger partial charge in [0.15, 0.2) is 0 Å². The molecule has 6 heteroatoms. The van der Waals surface area contributed by atoms with Crippen molar-refractivity contribution in [2.24, 2.45) is 4.99 Å². The Morgan fingerprint density at radius 2 is 1.91 bits per heavy atom. The molecular formula is C27H29ClN2O3. The Morgan fingerprint density at radius 1 is 1.18 bits per heavy atom. The minimum absolute atomic E-state index is 0.152. The second kappa shape index (κ2) is 13.1. The van der Waals surface area contributed by atoms with Gasteiger partial charge in [0.25, 0.3) is 0 Å². The Kier molecular flexibility index (Phi) is 10.2. The van der Waals surface area contributed by atoms with Crippen LogP contribution >= 0.6 is 11.6 Å². The van der Waals surface area contributed by atoms with Gasteiger partial charge in [-0.05, 0) is 60.9 Å². The van der Waals surface area contributed by atoms with E-state index in [-0.39, 0.29) is 18.1 Å². The number of benzene rings is 2. The number of amides is 2. The summed E-state index contributed by atoms with van der Waals surface area (Å²) in [6.45, 7) is 12.1. The number of ether oxygens (including phenoxy) is 1. The molecule has 0 saturated carbocycles. The number of nitrogens with one attached hydrogen (secondary N) is 1. The first-order chi connectivity index (χ1) is 15.8. The number of hydrogen-bond acceptors (Lipinski definition) is 3.